The summed E-state index contributed by atoms with van der Waals surface area (Å²) in [6.45, 7) is 3.23. The SMILES string of the molecule is CCN(CCCNC(=O)C1CCCC(N)C1)S(C)(=O)=O. The summed E-state index contributed by atoms with van der Waals surface area (Å²) in [5.41, 5.74) is 5.87. The van der Waals surface area contributed by atoms with Gasteiger partial charge in [-0.25, -0.2) is 12.7 Å². The molecule has 1 rings (SSSR count). The van der Waals surface area contributed by atoms with E-state index in [1.807, 2.05) is 6.92 Å². The van der Waals surface area contributed by atoms with Gasteiger partial charge in [0.25, 0.3) is 0 Å². The Bertz CT molecular complexity index is 411. The van der Waals surface area contributed by atoms with Crippen LogP contribution in [0.3, 0.4) is 0 Å². The van der Waals surface area contributed by atoms with Gasteiger partial charge in [0.2, 0.25) is 15.9 Å². The molecule has 118 valence electrons. The third kappa shape index (κ3) is 5.76. The average molecular weight is 305 g/mol. The van der Waals surface area contributed by atoms with E-state index in [4.69, 9.17) is 5.73 Å². The maximum atomic E-state index is 12.0. The van der Waals surface area contributed by atoms with Gasteiger partial charge in [-0.3, -0.25) is 4.79 Å². The van der Waals surface area contributed by atoms with Crippen LogP contribution in [0.25, 0.3) is 0 Å². The Balaban J connectivity index is 2.25. The van der Waals surface area contributed by atoms with Crippen molar-refractivity contribution in [3.8, 4) is 0 Å². The monoisotopic (exact) mass is 305 g/mol. The smallest absolute Gasteiger partial charge is 0.223 e. The van der Waals surface area contributed by atoms with E-state index < -0.39 is 10.0 Å². The van der Waals surface area contributed by atoms with Crippen molar-refractivity contribution in [1.82, 2.24) is 9.62 Å². The molecule has 1 aliphatic carbocycles. The molecule has 0 saturated heterocycles. The van der Waals surface area contributed by atoms with E-state index in [0.717, 1.165) is 25.7 Å². The van der Waals surface area contributed by atoms with Gasteiger partial charge in [0.15, 0.2) is 0 Å². The minimum absolute atomic E-state index is 0.0240. The van der Waals surface area contributed by atoms with E-state index in [9.17, 15) is 13.2 Å². The minimum Gasteiger partial charge on any atom is -0.356 e. The quantitative estimate of drug-likeness (QED) is 0.661. The third-order valence-electron chi connectivity index (χ3n) is 3.79. The molecule has 0 heterocycles. The highest BCUT2D eigenvalue weighted by molar-refractivity contribution is 7.88. The largest absolute Gasteiger partial charge is 0.356 e. The van der Waals surface area contributed by atoms with Gasteiger partial charge in [-0.15, -0.1) is 0 Å². The van der Waals surface area contributed by atoms with Crippen LogP contribution in [0.5, 0.6) is 0 Å². The molecule has 1 fully saturated rings. The molecular formula is C13H27N3O3S. The number of carbonyl (C=O) groups is 1. The van der Waals surface area contributed by atoms with Crippen LogP contribution in [0.2, 0.25) is 0 Å². The summed E-state index contributed by atoms with van der Waals surface area (Å²) in [7, 11) is -3.14. The third-order valence-corrected chi connectivity index (χ3v) is 5.17. The van der Waals surface area contributed by atoms with Crippen molar-refractivity contribution in [3.05, 3.63) is 0 Å². The zero-order valence-electron chi connectivity index (χ0n) is 12.5. The van der Waals surface area contributed by atoms with Crippen molar-refractivity contribution in [2.24, 2.45) is 11.7 Å². The highest BCUT2D eigenvalue weighted by atomic mass is 32.2. The molecule has 1 aliphatic rings. The maximum absolute atomic E-state index is 12.0. The van der Waals surface area contributed by atoms with Crippen LogP contribution in [0.15, 0.2) is 0 Å². The van der Waals surface area contributed by atoms with Crippen LogP contribution >= 0.6 is 0 Å². The van der Waals surface area contributed by atoms with Gasteiger partial charge in [-0.05, 0) is 25.7 Å². The normalized spacial score (nSPS) is 23.8. The second-order valence-corrected chi connectivity index (χ2v) is 7.51. The number of amides is 1. The molecule has 0 aromatic heterocycles. The molecule has 0 aromatic carbocycles. The predicted molar refractivity (Wildman–Crippen MR) is 79.7 cm³/mol. The molecule has 0 spiro atoms. The molecule has 6 nitrogen and oxygen atoms in total. The van der Waals surface area contributed by atoms with Gasteiger partial charge in [-0.2, -0.15) is 0 Å². The molecule has 0 bridgehead atoms. The first-order chi connectivity index (χ1) is 9.34. The lowest BCUT2D eigenvalue weighted by atomic mass is 9.85. The zero-order chi connectivity index (χ0) is 15.2. The number of carbonyl (C=O) groups excluding carboxylic acids is 1. The summed E-state index contributed by atoms with van der Waals surface area (Å²) in [5, 5.41) is 2.89. The van der Waals surface area contributed by atoms with E-state index in [-0.39, 0.29) is 17.9 Å². The van der Waals surface area contributed by atoms with Crippen LogP contribution < -0.4 is 11.1 Å². The number of hydrogen-bond acceptors (Lipinski definition) is 4. The number of hydrogen-bond donors (Lipinski definition) is 2. The minimum atomic E-state index is -3.14. The van der Waals surface area contributed by atoms with Crippen LogP contribution in [-0.4, -0.2) is 50.6 Å². The van der Waals surface area contributed by atoms with E-state index in [0.29, 0.717) is 26.1 Å². The molecule has 2 unspecified atom stereocenters. The molecular weight excluding hydrogens is 278 g/mol. The van der Waals surface area contributed by atoms with Crippen molar-refractivity contribution in [3.63, 3.8) is 0 Å². The van der Waals surface area contributed by atoms with Crippen molar-refractivity contribution >= 4 is 15.9 Å². The second kappa shape index (κ2) is 7.95. The summed E-state index contributed by atoms with van der Waals surface area (Å²) in [5.74, 6) is 0.0819. The number of sulfonamides is 1. The molecule has 1 saturated carbocycles. The first-order valence-corrected chi connectivity index (χ1v) is 9.17. The van der Waals surface area contributed by atoms with Gasteiger partial charge in [-0.1, -0.05) is 13.3 Å². The second-order valence-electron chi connectivity index (χ2n) is 5.52. The van der Waals surface area contributed by atoms with Crippen molar-refractivity contribution in [2.45, 2.75) is 45.1 Å². The first-order valence-electron chi connectivity index (χ1n) is 7.33. The molecule has 0 aliphatic heterocycles. The average Bonchev–Trinajstić information content (AvgIpc) is 2.37. The van der Waals surface area contributed by atoms with Crippen LogP contribution in [0.4, 0.5) is 0 Å². The number of nitrogens with one attached hydrogen (secondary N) is 1. The Morgan fingerprint density at radius 3 is 2.65 bits per heavy atom. The van der Waals surface area contributed by atoms with E-state index in [1.54, 1.807) is 0 Å². The van der Waals surface area contributed by atoms with E-state index >= 15 is 0 Å². The lowest BCUT2D eigenvalue weighted by Crippen LogP contribution is -2.39. The van der Waals surface area contributed by atoms with Gasteiger partial charge in [0.05, 0.1) is 6.26 Å². The van der Waals surface area contributed by atoms with Crippen LogP contribution in [-0.2, 0) is 14.8 Å². The Morgan fingerprint density at radius 1 is 1.40 bits per heavy atom. The fourth-order valence-electron chi connectivity index (χ4n) is 2.64. The fourth-order valence-corrected chi connectivity index (χ4v) is 3.57. The zero-order valence-corrected chi connectivity index (χ0v) is 13.3. The highest BCUT2D eigenvalue weighted by Gasteiger charge is 2.24. The summed E-state index contributed by atoms with van der Waals surface area (Å²) < 4.78 is 24.2. The summed E-state index contributed by atoms with van der Waals surface area (Å²) in [6, 6.07) is 0.139. The molecule has 2 atom stereocenters. The van der Waals surface area contributed by atoms with Gasteiger partial charge >= 0.3 is 0 Å². The van der Waals surface area contributed by atoms with Crippen molar-refractivity contribution < 1.29 is 13.2 Å². The highest BCUT2D eigenvalue weighted by Crippen LogP contribution is 2.22. The lowest BCUT2D eigenvalue weighted by Gasteiger charge is -2.25. The number of nitrogens with zero attached hydrogens (tertiary/aromatic N) is 1. The van der Waals surface area contributed by atoms with Crippen LogP contribution in [0.1, 0.15) is 39.0 Å². The van der Waals surface area contributed by atoms with E-state index in [1.165, 1.54) is 10.6 Å². The molecule has 0 radical (unpaired) electrons. The lowest BCUT2D eigenvalue weighted by molar-refractivity contribution is -0.126. The Kier molecular flexibility index (Phi) is 6.91. The summed E-state index contributed by atoms with van der Waals surface area (Å²) in [6.07, 6.45) is 5.52. The standard InChI is InChI=1S/C13H27N3O3S/c1-3-16(20(2,18)19)9-5-8-15-13(17)11-6-4-7-12(14)10-11/h11-12H,3-10,14H2,1-2H3,(H,15,17). The first kappa shape index (κ1) is 17.4. The maximum Gasteiger partial charge on any atom is 0.223 e. The summed E-state index contributed by atoms with van der Waals surface area (Å²) in [4.78, 5) is 12.0. The summed E-state index contributed by atoms with van der Waals surface area (Å²) >= 11 is 0. The van der Waals surface area contributed by atoms with Crippen molar-refractivity contribution in [1.29, 1.82) is 0 Å². The number of nitrogens with two attached hydrogens (primary N) is 1. The molecule has 20 heavy (non-hydrogen) atoms. The molecule has 0 aromatic rings. The fraction of sp³-hybridized carbons (Fsp3) is 0.923. The van der Waals surface area contributed by atoms with E-state index in [2.05, 4.69) is 5.32 Å². The topological polar surface area (TPSA) is 92.5 Å². The Labute approximate surface area is 122 Å². The predicted octanol–water partition coefficient (Wildman–Crippen LogP) is 0.292. The Hall–Kier alpha value is -0.660. The molecule has 7 heteroatoms. The van der Waals surface area contributed by atoms with Gasteiger partial charge in [0.1, 0.15) is 0 Å². The van der Waals surface area contributed by atoms with Crippen LogP contribution in [0, 0.1) is 5.92 Å². The number of rotatable bonds is 7. The molecule has 3 N–H and O–H groups in total. The molecule has 1 amide bonds. The van der Waals surface area contributed by atoms with Gasteiger partial charge < -0.3 is 11.1 Å². The Morgan fingerprint density at radius 2 is 2.10 bits per heavy atom. The van der Waals surface area contributed by atoms with Crippen molar-refractivity contribution in [2.75, 3.05) is 25.9 Å². The van der Waals surface area contributed by atoms with Gasteiger partial charge in [0, 0.05) is 31.6 Å².